The largest absolute Gasteiger partial charge is 0.443 e. The highest BCUT2D eigenvalue weighted by atomic mass is 16.6. The van der Waals surface area contributed by atoms with Gasteiger partial charge < -0.3 is 18.9 Å². The van der Waals surface area contributed by atoms with Gasteiger partial charge in [0.2, 0.25) is 0 Å². The SMILES string of the molecule is COC1(c2ccc(N(Cc3ccccc3)C(=O)OC(C)(C)C)nc2COCc2ccccc2)CCOC1. The van der Waals surface area contributed by atoms with Gasteiger partial charge in [0.25, 0.3) is 0 Å². The number of aromatic nitrogens is 1. The van der Waals surface area contributed by atoms with Crippen LogP contribution in [0.15, 0.2) is 72.8 Å². The summed E-state index contributed by atoms with van der Waals surface area (Å²) in [6, 6.07) is 23.6. The molecule has 7 nitrogen and oxygen atoms in total. The molecule has 2 aromatic carbocycles. The van der Waals surface area contributed by atoms with Crippen LogP contribution < -0.4 is 4.90 Å². The molecule has 0 aliphatic carbocycles. The molecule has 1 aliphatic heterocycles. The van der Waals surface area contributed by atoms with Crippen molar-refractivity contribution in [2.75, 3.05) is 25.2 Å². The number of benzene rings is 2. The summed E-state index contributed by atoms with van der Waals surface area (Å²) in [5, 5.41) is 0. The highest BCUT2D eigenvalue weighted by Crippen LogP contribution is 2.37. The van der Waals surface area contributed by atoms with Crippen molar-refractivity contribution in [2.24, 2.45) is 0 Å². The van der Waals surface area contributed by atoms with Crippen LogP contribution in [0.4, 0.5) is 10.6 Å². The standard InChI is InChI=1S/C30H36N2O5/c1-29(2,3)37-28(33)32(19-23-11-7-5-8-12-23)27-16-15-25(30(34-4)17-18-35-22-30)26(31-27)21-36-20-24-13-9-6-10-14-24/h5-16H,17-22H2,1-4H3. The number of hydrogen-bond acceptors (Lipinski definition) is 6. The van der Waals surface area contributed by atoms with Gasteiger partial charge in [-0.3, -0.25) is 4.90 Å². The minimum absolute atomic E-state index is 0.261. The van der Waals surface area contributed by atoms with E-state index >= 15 is 0 Å². The molecule has 1 fully saturated rings. The summed E-state index contributed by atoms with van der Waals surface area (Å²) < 4.78 is 23.5. The topological polar surface area (TPSA) is 70.1 Å². The van der Waals surface area contributed by atoms with Gasteiger partial charge in [0, 0.05) is 25.7 Å². The molecule has 1 aliphatic rings. The first-order chi connectivity index (χ1) is 17.8. The van der Waals surface area contributed by atoms with Crippen LogP contribution in [-0.4, -0.2) is 37.0 Å². The number of hydrogen-bond donors (Lipinski definition) is 0. The smallest absolute Gasteiger partial charge is 0.416 e. The first-order valence-corrected chi connectivity index (χ1v) is 12.6. The second-order valence-electron chi connectivity index (χ2n) is 10.2. The molecule has 196 valence electrons. The number of carbonyl (C=O) groups excluding carboxylic acids is 1. The third kappa shape index (κ3) is 6.95. The van der Waals surface area contributed by atoms with Gasteiger partial charge in [0.15, 0.2) is 0 Å². The van der Waals surface area contributed by atoms with Gasteiger partial charge in [-0.15, -0.1) is 0 Å². The zero-order chi connectivity index (χ0) is 26.3. The van der Waals surface area contributed by atoms with Gasteiger partial charge >= 0.3 is 6.09 Å². The summed E-state index contributed by atoms with van der Waals surface area (Å²) in [6.45, 7) is 7.65. The van der Waals surface area contributed by atoms with Crippen molar-refractivity contribution in [1.82, 2.24) is 4.98 Å². The van der Waals surface area contributed by atoms with Crippen LogP contribution >= 0.6 is 0 Å². The van der Waals surface area contributed by atoms with Crippen LogP contribution in [0.5, 0.6) is 0 Å². The van der Waals surface area contributed by atoms with Gasteiger partial charge in [-0.2, -0.15) is 0 Å². The van der Waals surface area contributed by atoms with Gasteiger partial charge in [-0.1, -0.05) is 66.7 Å². The number of rotatable bonds is 9. The Bertz CT molecular complexity index is 1160. The van der Waals surface area contributed by atoms with Crippen molar-refractivity contribution in [1.29, 1.82) is 0 Å². The molecule has 1 saturated heterocycles. The quantitative estimate of drug-likeness (QED) is 0.356. The van der Waals surface area contributed by atoms with Crippen LogP contribution in [0.2, 0.25) is 0 Å². The van der Waals surface area contributed by atoms with Crippen molar-refractivity contribution in [2.45, 2.75) is 58.2 Å². The molecule has 1 unspecified atom stereocenters. The van der Waals surface area contributed by atoms with E-state index in [-0.39, 0.29) is 6.61 Å². The van der Waals surface area contributed by atoms with Crippen LogP contribution in [-0.2, 0) is 44.3 Å². The van der Waals surface area contributed by atoms with Crippen LogP contribution in [0.25, 0.3) is 0 Å². The Hall–Kier alpha value is -3.26. The highest BCUT2D eigenvalue weighted by Gasteiger charge is 2.39. The van der Waals surface area contributed by atoms with Crippen molar-refractivity contribution < 1.29 is 23.7 Å². The minimum Gasteiger partial charge on any atom is -0.443 e. The maximum Gasteiger partial charge on any atom is 0.416 e. The molecular weight excluding hydrogens is 468 g/mol. The van der Waals surface area contributed by atoms with Crippen molar-refractivity contribution in [3.63, 3.8) is 0 Å². The highest BCUT2D eigenvalue weighted by molar-refractivity contribution is 5.86. The minimum atomic E-state index is -0.644. The molecule has 0 spiro atoms. The normalized spacial score (nSPS) is 17.5. The monoisotopic (exact) mass is 504 g/mol. The number of amides is 1. The lowest BCUT2D eigenvalue weighted by Crippen LogP contribution is -2.37. The van der Waals surface area contributed by atoms with Crippen LogP contribution in [0, 0.1) is 0 Å². The van der Waals surface area contributed by atoms with E-state index in [1.165, 1.54) is 0 Å². The second-order valence-corrected chi connectivity index (χ2v) is 10.2. The zero-order valence-electron chi connectivity index (χ0n) is 22.1. The third-order valence-corrected chi connectivity index (χ3v) is 6.25. The predicted molar refractivity (Wildman–Crippen MR) is 142 cm³/mol. The molecule has 0 radical (unpaired) electrons. The van der Waals surface area contributed by atoms with E-state index in [9.17, 15) is 4.79 Å². The molecule has 3 aromatic rings. The van der Waals surface area contributed by atoms with Gasteiger partial charge in [0.1, 0.15) is 17.0 Å². The molecule has 7 heteroatoms. The van der Waals surface area contributed by atoms with Crippen LogP contribution in [0.3, 0.4) is 0 Å². The zero-order valence-corrected chi connectivity index (χ0v) is 22.1. The molecule has 0 N–H and O–H groups in total. The Morgan fingerprint density at radius 1 is 0.973 bits per heavy atom. The summed E-state index contributed by atoms with van der Waals surface area (Å²) >= 11 is 0. The lowest BCUT2D eigenvalue weighted by atomic mass is 9.91. The first-order valence-electron chi connectivity index (χ1n) is 12.6. The summed E-state index contributed by atoms with van der Waals surface area (Å²) in [5.74, 6) is 0.491. The van der Waals surface area contributed by atoms with E-state index < -0.39 is 17.3 Å². The number of nitrogens with zero attached hydrogens (tertiary/aromatic N) is 2. The average molecular weight is 505 g/mol. The predicted octanol–water partition coefficient (Wildman–Crippen LogP) is 6.00. The van der Waals surface area contributed by atoms with Crippen molar-refractivity contribution in [3.8, 4) is 0 Å². The lowest BCUT2D eigenvalue weighted by molar-refractivity contribution is -0.0238. The van der Waals surface area contributed by atoms with Crippen molar-refractivity contribution >= 4 is 11.9 Å². The number of ether oxygens (including phenoxy) is 4. The van der Waals surface area contributed by atoms with Crippen molar-refractivity contribution in [3.05, 3.63) is 95.2 Å². The van der Waals surface area contributed by atoms with E-state index in [4.69, 9.17) is 23.9 Å². The third-order valence-electron chi connectivity index (χ3n) is 6.25. The number of carbonyl (C=O) groups is 1. The number of pyridine rings is 1. The Balaban J connectivity index is 1.68. The summed E-state index contributed by atoms with van der Waals surface area (Å²) in [4.78, 5) is 19.8. The average Bonchev–Trinajstić information content (AvgIpc) is 3.38. The number of methoxy groups -OCH3 is 1. The van der Waals surface area contributed by atoms with Crippen LogP contribution in [0.1, 0.15) is 49.6 Å². The number of anilines is 1. The Morgan fingerprint density at radius 3 is 2.24 bits per heavy atom. The molecule has 0 bridgehead atoms. The summed E-state index contributed by atoms with van der Waals surface area (Å²) in [5.41, 5.74) is 2.42. The van der Waals surface area contributed by atoms with E-state index in [0.29, 0.717) is 37.9 Å². The van der Waals surface area contributed by atoms with Gasteiger partial charge in [-0.05, 0) is 38.0 Å². The molecule has 0 saturated carbocycles. The first kappa shape index (κ1) is 26.8. The molecule has 1 atom stereocenters. The lowest BCUT2D eigenvalue weighted by Gasteiger charge is -2.30. The van der Waals surface area contributed by atoms with E-state index in [0.717, 1.165) is 23.1 Å². The van der Waals surface area contributed by atoms with E-state index in [1.807, 2.05) is 93.6 Å². The molecule has 4 rings (SSSR count). The van der Waals surface area contributed by atoms with Gasteiger partial charge in [0.05, 0.1) is 32.1 Å². The Labute approximate surface area is 219 Å². The fraction of sp³-hybridized carbons (Fsp3) is 0.400. The molecular formula is C30H36N2O5. The second kappa shape index (κ2) is 11.9. The molecule has 37 heavy (non-hydrogen) atoms. The van der Waals surface area contributed by atoms with Gasteiger partial charge in [-0.25, -0.2) is 9.78 Å². The molecule has 1 amide bonds. The molecule has 1 aromatic heterocycles. The maximum absolute atomic E-state index is 13.3. The van der Waals surface area contributed by atoms with E-state index in [1.54, 1.807) is 12.0 Å². The van der Waals surface area contributed by atoms with E-state index in [2.05, 4.69) is 0 Å². The summed E-state index contributed by atoms with van der Waals surface area (Å²) in [7, 11) is 1.69. The Morgan fingerprint density at radius 2 is 1.65 bits per heavy atom. The fourth-order valence-corrected chi connectivity index (χ4v) is 4.36. The Kier molecular flexibility index (Phi) is 8.59. The molecule has 2 heterocycles. The summed E-state index contributed by atoms with van der Waals surface area (Å²) in [6.07, 6.45) is 0.258. The fourth-order valence-electron chi connectivity index (χ4n) is 4.36. The maximum atomic E-state index is 13.3.